The van der Waals surface area contributed by atoms with Crippen molar-refractivity contribution in [2.24, 2.45) is 0 Å². The number of benzene rings is 2. The Morgan fingerprint density at radius 3 is 2.50 bits per heavy atom. The lowest BCUT2D eigenvalue weighted by Gasteiger charge is -2.07. The van der Waals surface area contributed by atoms with Crippen molar-refractivity contribution in [1.82, 2.24) is 9.97 Å². The van der Waals surface area contributed by atoms with Crippen molar-refractivity contribution in [1.29, 1.82) is 0 Å². The zero-order valence-corrected chi connectivity index (χ0v) is 18.4. The van der Waals surface area contributed by atoms with Crippen LogP contribution in [-0.4, -0.2) is 25.2 Å². The summed E-state index contributed by atoms with van der Waals surface area (Å²) >= 11 is 0. The van der Waals surface area contributed by atoms with Crippen LogP contribution in [-0.2, 0) is 22.0 Å². The zero-order chi connectivity index (χ0) is 21.7. The van der Waals surface area contributed by atoms with Gasteiger partial charge in [0, 0.05) is 27.7 Å². The number of carbonyl (C=O) groups is 1. The average Bonchev–Trinajstić information content (AvgIpc) is 2.72. The van der Waals surface area contributed by atoms with E-state index >= 15 is 0 Å². The van der Waals surface area contributed by atoms with Crippen molar-refractivity contribution in [2.75, 3.05) is 0 Å². The normalized spacial score (nSPS) is 11.6. The Morgan fingerprint density at radius 2 is 1.83 bits per heavy atom. The minimum absolute atomic E-state index is 0.0749. The molecule has 0 amide bonds. The lowest BCUT2D eigenvalue weighted by molar-refractivity contribution is -0.116. The summed E-state index contributed by atoms with van der Waals surface area (Å²) in [6.07, 6.45) is 2.13. The third-order valence-corrected chi connectivity index (χ3v) is 6.06. The highest BCUT2D eigenvalue weighted by Crippen LogP contribution is 2.20. The van der Waals surface area contributed by atoms with Gasteiger partial charge in [-0.05, 0) is 49.6 Å². The largest absolute Gasteiger partial charge is 0.300 e. The van der Waals surface area contributed by atoms with Crippen molar-refractivity contribution in [3.63, 3.8) is 0 Å². The predicted octanol–water partition coefficient (Wildman–Crippen LogP) is 4.50. The highest BCUT2D eigenvalue weighted by atomic mass is 32.2. The van der Waals surface area contributed by atoms with Crippen molar-refractivity contribution in [2.45, 2.75) is 44.3 Å². The number of aromatic nitrogens is 2. The van der Waals surface area contributed by atoms with Gasteiger partial charge in [0.05, 0.1) is 28.4 Å². The van der Waals surface area contributed by atoms with Gasteiger partial charge in [0.2, 0.25) is 0 Å². The molecule has 0 aliphatic rings. The molecule has 0 saturated heterocycles. The maximum Gasteiger partial charge on any atom is 0.135 e. The van der Waals surface area contributed by atoms with E-state index in [1.165, 1.54) is 0 Å². The molecular formula is C25H24N2O2S. The molecule has 0 aliphatic carbocycles. The second-order valence-corrected chi connectivity index (χ2v) is 9.40. The summed E-state index contributed by atoms with van der Waals surface area (Å²) in [7, 11) is -1.02. The van der Waals surface area contributed by atoms with Gasteiger partial charge in [-0.15, -0.1) is 0 Å². The van der Waals surface area contributed by atoms with Gasteiger partial charge >= 0.3 is 0 Å². The molecule has 0 saturated carbocycles. The van der Waals surface area contributed by atoms with E-state index in [1.807, 2.05) is 69.3 Å². The minimum Gasteiger partial charge on any atom is -0.300 e. The van der Waals surface area contributed by atoms with Crippen LogP contribution < -0.4 is 0 Å². The summed E-state index contributed by atoms with van der Waals surface area (Å²) in [6, 6.07) is 15.2. The lowest BCUT2D eigenvalue weighted by atomic mass is 10.1. The van der Waals surface area contributed by atoms with E-state index in [-0.39, 0.29) is 11.0 Å². The first kappa shape index (κ1) is 21.6. The molecule has 1 unspecified atom stereocenters. The summed E-state index contributed by atoms with van der Waals surface area (Å²) in [6.45, 7) is 7.34. The predicted molar refractivity (Wildman–Crippen MR) is 121 cm³/mol. The summed E-state index contributed by atoms with van der Waals surface area (Å²) in [5.74, 6) is 6.36. The molecule has 0 fully saturated rings. The van der Waals surface area contributed by atoms with Crippen molar-refractivity contribution < 1.29 is 9.00 Å². The second-order valence-electron chi connectivity index (χ2n) is 7.39. The van der Waals surface area contributed by atoms with Crippen LogP contribution in [0.1, 0.15) is 43.3 Å². The van der Waals surface area contributed by atoms with Crippen molar-refractivity contribution in [3.05, 3.63) is 77.2 Å². The Balaban J connectivity index is 1.87. The molecule has 0 N–H and O–H groups in total. The summed E-state index contributed by atoms with van der Waals surface area (Å²) < 4.78 is 12.2. The molecule has 1 heterocycles. The number of rotatable bonds is 5. The SMILES string of the molecule is CC(=O)Cc1cccc(C#Cc2nc(-c3ccc(S(=O)C(C)C)cc3)cnc2C)c1. The van der Waals surface area contributed by atoms with Gasteiger partial charge in [0.25, 0.3) is 0 Å². The molecule has 30 heavy (non-hydrogen) atoms. The van der Waals surface area contributed by atoms with Gasteiger partial charge in [-0.3, -0.25) is 14.0 Å². The second kappa shape index (κ2) is 9.60. The van der Waals surface area contributed by atoms with E-state index in [1.54, 1.807) is 13.1 Å². The molecule has 0 aliphatic heterocycles. The Labute approximate surface area is 180 Å². The van der Waals surface area contributed by atoms with E-state index in [0.29, 0.717) is 12.1 Å². The van der Waals surface area contributed by atoms with E-state index in [9.17, 15) is 9.00 Å². The third kappa shape index (κ3) is 5.49. The monoisotopic (exact) mass is 416 g/mol. The van der Waals surface area contributed by atoms with Crippen LogP contribution in [0.3, 0.4) is 0 Å². The molecule has 152 valence electrons. The number of nitrogens with zero attached hydrogens (tertiary/aromatic N) is 2. The maximum absolute atomic E-state index is 12.2. The zero-order valence-electron chi connectivity index (χ0n) is 17.6. The van der Waals surface area contributed by atoms with Crippen LogP contribution in [0.2, 0.25) is 0 Å². The lowest BCUT2D eigenvalue weighted by Crippen LogP contribution is -2.05. The summed E-state index contributed by atoms with van der Waals surface area (Å²) in [4.78, 5) is 21.3. The number of hydrogen-bond donors (Lipinski definition) is 0. The van der Waals surface area contributed by atoms with Crippen LogP contribution in [0.5, 0.6) is 0 Å². The van der Waals surface area contributed by atoms with Crippen LogP contribution in [0, 0.1) is 18.8 Å². The number of ketones is 1. The number of hydrogen-bond acceptors (Lipinski definition) is 4. The van der Waals surface area contributed by atoms with E-state index < -0.39 is 10.8 Å². The quantitative estimate of drug-likeness (QED) is 0.575. The minimum atomic E-state index is -1.02. The van der Waals surface area contributed by atoms with Gasteiger partial charge in [0.15, 0.2) is 0 Å². The first-order valence-corrected chi connectivity index (χ1v) is 11.0. The van der Waals surface area contributed by atoms with Gasteiger partial charge in [-0.1, -0.05) is 44.0 Å². The van der Waals surface area contributed by atoms with E-state index in [2.05, 4.69) is 21.8 Å². The fourth-order valence-corrected chi connectivity index (χ4v) is 3.87. The van der Waals surface area contributed by atoms with Crippen LogP contribution in [0.15, 0.2) is 59.6 Å². The number of carbonyl (C=O) groups excluding carboxylic acids is 1. The first-order valence-electron chi connectivity index (χ1n) is 9.78. The van der Waals surface area contributed by atoms with Crippen molar-refractivity contribution >= 4 is 16.6 Å². The van der Waals surface area contributed by atoms with Gasteiger partial charge < -0.3 is 0 Å². The van der Waals surface area contributed by atoms with Crippen molar-refractivity contribution in [3.8, 4) is 23.1 Å². The van der Waals surface area contributed by atoms with Crippen LogP contribution >= 0.6 is 0 Å². The highest BCUT2D eigenvalue weighted by Gasteiger charge is 2.10. The smallest absolute Gasteiger partial charge is 0.135 e. The first-order chi connectivity index (χ1) is 14.3. The van der Waals surface area contributed by atoms with Gasteiger partial charge in [-0.25, -0.2) is 4.98 Å². The highest BCUT2D eigenvalue weighted by molar-refractivity contribution is 7.85. The molecule has 0 bridgehead atoms. The standard InChI is InChI=1S/C25H24N2O2S/c1-17(2)30(29)23-11-9-22(10-12-23)25-16-26-19(4)24(27-25)13-8-20-6-5-7-21(15-20)14-18(3)28/h5-7,9-12,15-17H,14H2,1-4H3. The number of Topliss-reactive ketones (excluding diaryl/α,β-unsaturated/α-hetero) is 1. The van der Waals surface area contributed by atoms with E-state index in [0.717, 1.165) is 33.0 Å². The van der Waals surface area contributed by atoms with E-state index in [4.69, 9.17) is 0 Å². The molecule has 5 heteroatoms. The molecule has 0 radical (unpaired) electrons. The molecule has 4 nitrogen and oxygen atoms in total. The number of aryl methyl sites for hydroxylation is 1. The Kier molecular flexibility index (Phi) is 6.91. The fourth-order valence-electron chi connectivity index (χ4n) is 2.92. The topological polar surface area (TPSA) is 59.9 Å². The van der Waals surface area contributed by atoms with Crippen LogP contribution in [0.4, 0.5) is 0 Å². The molecule has 3 aromatic rings. The molecule has 3 rings (SSSR count). The molecule has 2 aromatic carbocycles. The molecule has 1 aromatic heterocycles. The third-order valence-electron chi connectivity index (χ3n) is 4.47. The van der Waals surface area contributed by atoms with Gasteiger partial charge in [0.1, 0.15) is 11.5 Å². The van der Waals surface area contributed by atoms with Gasteiger partial charge in [-0.2, -0.15) is 0 Å². The Bertz CT molecular complexity index is 1160. The Morgan fingerprint density at radius 1 is 1.10 bits per heavy atom. The molecule has 0 spiro atoms. The molecule has 1 atom stereocenters. The fraction of sp³-hybridized carbons (Fsp3) is 0.240. The Hall–Kier alpha value is -3.10. The van der Waals surface area contributed by atoms with Crippen LogP contribution in [0.25, 0.3) is 11.3 Å². The summed E-state index contributed by atoms with van der Waals surface area (Å²) in [5.41, 5.74) is 4.77. The average molecular weight is 417 g/mol. The molecular weight excluding hydrogens is 392 g/mol. The summed E-state index contributed by atoms with van der Waals surface area (Å²) in [5, 5.41) is 0.0749. The maximum atomic E-state index is 12.2.